The summed E-state index contributed by atoms with van der Waals surface area (Å²) in [5.41, 5.74) is 0. The van der Waals surface area contributed by atoms with Gasteiger partial charge in [0.1, 0.15) is 0 Å². The van der Waals surface area contributed by atoms with Gasteiger partial charge in [0.15, 0.2) is 0 Å². The van der Waals surface area contributed by atoms with Crippen LogP contribution >= 0.6 is 0 Å². The van der Waals surface area contributed by atoms with Crippen LogP contribution in [0.1, 0.15) is 0 Å². The maximum atomic E-state index is 9.48. The number of aromatic nitrogens is 5. The van der Waals surface area contributed by atoms with Crippen LogP contribution < -0.4 is 10.2 Å². The Kier molecular flexibility index (Phi) is 3.93. The summed E-state index contributed by atoms with van der Waals surface area (Å²) in [5, 5.41) is 16.5. The number of hydrogen-bond acceptors (Lipinski definition) is 8. The molecule has 1 aliphatic rings. The Morgan fingerprint density at radius 2 is 2.24 bits per heavy atom. The Morgan fingerprint density at radius 3 is 2.95 bits per heavy atom. The lowest BCUT2D eigenvalue weighted by atomic mass is 10.2. The second-order valence-corrected chi connectivity index (χ2v) is 4.56. The molecule has 1 unspecified atom stereocenters. The fraction of sp³-hybridized carbons (Fsp3) is 0.500. The van der Waals surface area contributed by atoms with Crippen LogP contribution in [0.2, 0.25) is 0 Å². The highest BCUT2D eigenvalue weighted by atomic mass is 16.5. The lowest BCUT2D eigenvalue weighted by Crippen LogP contribution is -2.48. The summed E-state index contributed by atoms with van der Waals surface area (Å²) >= 11 is 0. The minimum absolute atomic E-state index is 0.0162. The van der Waals surface area contributed by atoms with Crippen LogP contribution in [0, 0.1) is 0 Å². The van der Waals surface area contributed by atoms with E-state index in [9.17, 15) is 5.11 Å². The van der Waals surface area contributed by atoms with Crippen molar-refractivity contribution in [3.8, 4) is 5.95 Å². The molecule has 0 amide bonds. The van der Waals surface area contributed by atoms with Gasteiger partial charge >= 0.3 is 0 Å². The molecule has 0 saturated carbocycles. The van der Waals surface area contributed by atoms with E-state index in [0.29, 0.717) is 37.6 Å². The van der Waals surface area contributed by atoms with Crippen molar-refractivity contribution in [2.24, 2.45) is 0 Å². The highest BCUT2D eigenvalue weighted by Gasteiger charge is 2.25. The first kappa shape index (κ1) is 13.7. The largest absolute Gasteiger partial charge is 0.394 e. The van der Waals surface area contributed by atoms with Crippen LogP contribution in [0.4, 0.5) is 11.9 Å². The van der Waals surface area contributed by atoms with Gasteiger partial charge in [-0.2, -0.15) is 20.1 Å². The predicted octanol–water partition coefficient (Wildman–Crippen LogP) is -0.703. The number of nitrogens with one attached hydrogen (secondary N) is 1. The summed E-state index contributed by atoms with van der Waals surface area (Å²) < 4.78 is 6.95. The number of rotatable bonds is 4. The van der Waals surface area contributed by atoms with Crippen molar-refractivity contribution < 1.29 is 9.84 Å². The molecule has 21 heavy (non-hydrogen) atoms. The van der Waals surface area contributed by atoms with Crippen LogP contribution in [-0.4, -0.2) is 69.3 Å². The van der Waals surface area contributed by atoms with Crippen molar-refractivity contribution in [2.75, 3.05) is 43.6 Å². The van der Waals surface area contributed by atoms with Crippen LogP contribution in [0.3, 0.4) is 0 Å². The zero-order chi connectivity index (χ0) is 14.7. The van der Waals surface area contributed by atoms with Gasteiger partial charge in [-0.05, 0) is 6.07 Å². The Morgan fingerprint density at radius 1 is 1.38 bits per heavy atom. The van der Waals surface area contributed by atoms with E-state index in [2.05, 4.69) is 25.4 Å². The van der Waals surface area contributed by atoms with Gasteiger partial charge in [-0.15, -0.1) is 0 Å². The number of aliphatic hydroxyl groups is 1. The van der Waals surface area contributed by atoms with Crippen molar-refractivity contribution in [1.82, 2.24) is 24.7 Å². The van der Waals surface area contributed by atoms with E-state index in [0.717, 1.165) is 0 Å². The summed E-state index contributed by atoms with van der Waals surface area (Å²) in [4.78, 5) is 15.0. The fourth-order valence-corrected chi connectivity index (χ4v) is 2.15. The minimum Gasteiger partial charge on any atom is -0.394 e. The highest BCUT2D eigenvalue weighted by Crippen LogP contribution is 2.17. The molecule has 0 bridgehead atoms. The van der Waals surface area contributed by atoms with E-state index in [1.807, 2.05) is 4.90 Å². The lowest BCUT2D eigenvalue weighted by Gasteiger charge is -2.34. The van der Waals surface area contributed by atoms with Gasteiger partial charge in [-0.1, -0.05) is 0 Å². The first-order valence-corrected chi connectivity index (χ1v) is 6.71. The van der Waals surface area contributed by atoms with Crippen molar-refractivity contribution in [3.63, 3.8) is 0 Å². The van der Waals surface area contributed by atoms with Gasteiger partial charge in [0.05, 0.1) is 25.9 Å². The molecule has 0 aromatic carbocycles. The van der Waals surface area contributed by atoms with Crippen molar-refractivity contribution >= 4 is 11.9 Å². The third kappa shape index (κ3) is 2.78. The van der Waals surface area contributed by atoms with Crippen LogP contribution in [0.5, 0.6) is 0 Å². The smallest absolute Gasteiger partial charge is 0.257 e. The number of hydrogen-bond donors (Lipinski definition) is 2. The second kappa shape index (κ2) is 6.02. The van der Waals surface area contributed by atoms with E-state index in [4.69, 9.17) is 4.74 Å². The molecular formula is C12H17N7O2. The lowest BCUT2D eigenvalue weighted by molar-refractivity contribution is 0.0718. The molecule has 3 rings (SSSR count). The molecule has 1 aliphatic heterocycles. The number of nitrogens with zero attached hydrogens (tertiary/aromatic N) is 6. The molecule has 3 heterocycles. The Hall–Kier alpha value is -2.26. The summed E-state index contributed by atoms with van der Waals surface area (Å²) in [6.45, 7) is 1.64. The third-order valence-electron chi connectivity index (χ3n) is 3.24. The van der Waals surface area contributed by atoms with E-state index < -0.39 is 0 Å². The van der Waals surface area contributed by atoms with Crippen molar-refractivity contribution in [1.29, 1.82) is 0 Å². The van der Waals surface area contributed by atoms with Crippen molar-refractivity contribution in [2.45, 2.75) is 6.04 Å². The van der Waals surface area contributed by atoms with E-state index >= 15 is 0 Å². The molecule has 2 aromatic heterocycles. The SMILES string of the molecule is CNc1nc(N2CCOCC2CO)nc(-n2cccn2)n1. The molecule has 1 fully saturated rings. The first-order chi connectivity index (χ1) is 10.3. The molecule has 112 valence electrons. The number of ether oxygens (including phenoxy) is 1. The summed E-state index contributed by atoms with van der Waals surface area (Å²) in [6.07, 6.45) is 3.43. The maximum Gasteiger partial charge on any atom is 0.257 e. The summed E-state index contributed by atoms with van der Waals surface area (Å²) in [7, 11) is 1.74. The molecule has 9 heteroatoms. The molecule has 2 N–H and O–H groups in total. The molecule has 0 radical (unpaired) electrons. The average molecular weight is 291 g/mol. The maximum absolute atomic E-state index is 9.48. The van der Waals surface area contributed by atoms with E-state index in [-0.39, 0.29) is 12.6 Å². The standard InChI is InChI=1S/C12H17N7O2/c1-13-10-15-11(18-5-6-21-8-9(18)7-20)17-12(16-10)19-4-2-3-14-19/h2-4,9,20H,5-8H2,1H3,(H,13,15,16,17). The monoisotopic (exact) mass is 291 g/mol. The zero-order valence-corrected chi connectivity index (χ0v) is 11.7. The van der Waals surface area contributed by atoms with Crippen LogP contribution in [0.25, 0.3) is 5.95 Å². The minimum atomic E-state index is -0.156. The van der Waals surface area contributed by atoms with E-state index in [1.165, 1.54) is 0 Å². The fourth-order valence-electron chi connectivity index (χ4n) is 2.15. The second-order valence-electron chi connectivity index (χ2n) is 4.56. The normalized spacial score (nSPS) is 18.8. The van der Waals surface area contributed by atoms with Gasteiger partial charge < -0.3 is 20.1 Å². The molecule has 0 spiro atoms. The first-order valence-electron chi connectivity index (χ1n) is 6.71. The molecule has 1 saturated heterocycles. The summed E-state index contributed by atoms with van der Waals surface area (Å²) in [6, 6.07) is 1.64. The van der Waals surface area contributed by atoms with Crippen molar-refractivity contribution in [3.05, 3.63) is 18.5 Å². The molecule has 2 aromatic rings. The van der Waals surface area contributed by atoms with E-state index in [1.54, 1.807) is 30.2 Å². The molecule has 0 aliphatic carbocycles. The number of anilines is 2. The third-order valence-corrected chi connectivity index (χ3v) is 3.24. The van der Waals surface area contributed by atoms with Crippen LogP contribution in [-0.2, 0) is 4.74 Å². The number of morpholine rings is 1. The highest BCUT2D eigenvalue weighted by molar-refractivity contribution is 5.41. The summed E-state index contributed by atoms with van der Waals surface area (Å²) in [5.74, 6) is 1.38. The van der Waals surface area contributed by atoms with Gasteiger partial charge in [-0.25, -0.2) is 4.68 Å². The topological polar surface area (TPSA) is 101 Å². The Bertz CT molecular complexity index is 589. The number of aliphatic hydroxyl groups excluding tert-OH is 1. The average Bonchev–Trinajstić information content (AvgIpc) is 3.09. The zero-order valence-electron chi connectivity index (χ0n) is 11.7. The quantitative estimate of drug-likeness (QED) is 0.762. The van der Waals surface area contributed by atoms with Gasteiger partial charge in [-0.3, -0.25) is 0 Å². The Labute approximate surface area is 121 Å². The van der Waals surface area contributed by atoms with Gasteiger partial charge in [0.2, 0.25) is 11.9 Å². The molecular weight excluding hydrogens is 274 g/mol. The van der Waals surface area contributed by atoms with Gasteiger partial charge in [0.25, 0.3) is 5.95 Å². The van der Waals surface area contributed by atoms with Crippen LogP contribution in [0.15, 0.2) is 18.5 Å². The predicted molar refractivity (Wildman–Crippen MR) is 75.5 cm³/mol. The Balaban J connectivity index is 1.99. The van der Waals surface area contributed by atoms with Gasteiger partial charge in [0, 0.05) is 26.0 Å². The molecule has 9 nitrogen and oxygen atoms in total. The molecule has 1 atom stereocenters.